The predicted octanol–water partition coefficient (Wildman–Crippen LogP) is 0.160. The van der Waals surface area contributed by atoms with Gasteiger partial charge in [0.15, 0.2) is 7.05 Å². The highest BCUT2D eigenvalue weighted by Crippen LogP contribution is 1.73. The lowest BCUT2D eigenvalue weighted by Crippen LogP contribution is -2.17. The summed E-state index contributed by atoms with van der Waals surface area (Å²) >= 11 is 5.33. The zero-order valence-electron chi connectivity index (χ0n) is 3.90. The third-order valence-electron chi connectivity index (χ3n) is 0.486. The molecule has 36 valence electrons. The Morgan fingerprint density at radius 1 is 1.83 bits per heavy atom. The van der Waals surface area contributed by atoms with E-state index in [1.54, 1.807) is 14.0 Å². The Labute approximate surface area is 42.2 Å². The number of hydrazone groups is 1. The maximum Gasteiger partial charge on any atom is 0.269 e. The second kappa shape index (κ2) is 2.03. The lowest BCUT2D eigenvalue weighted by atomic mass is 10.9. The third-order valence-corrected chi connectivity index (χ3v) is 0.753. The van der Waals surface area contributed by atoms with Gasteiger partial charge in [-0.2, -0.15) is 0 Å². The van der Waals surface area contributed by atoms with Crippen LogP contribution in [0.3, 0.4) is 0 Å². The molecule has 2 N–H and O–H groups in total. The van der Waals surface area contributed by atoms with Gasteiger partial charge >= 0.3 is 0 Å². The van der Waals surface area contributed by atoms with Gasteiger partial charge in [0.2, 0.25) is 0 Å². The van der Waals surface area contributed by atoms with Crippen molar-refractivity contribution < 1.29 is 4.68 Å². The summed E-state index contributed by atoms with van der Waals surface area (Å²) in [7, 11) is 1.68. The number of hydrogen-bond donors (Lipinski definition) is 1. The maximum atomic E-state index is 5.33. The average molecular weight is 108 g/mol. The highest BCUT2D eigenvalue weighted by atomic mass is 35.5. The Morgan fingerprint density at radius 2 is 2.00 bits per heavy atom. The molecule has 0 aliphatic rings. The first-order valence-corrected chi connectivity index (χ1v) is 2.00. The summed E-state index contributed by atoms with van der Waals surface area (Å²) in [5.41, 5.74) is 0. The van der Waals surface area contributed by atoms with Crippen LogP contribution >= 0.6 is 11.6 Å². The van der Waals surface area contributed by atoms with Crippen LogP contribution in [0.25, 0.3) is 0 Å². The molecule has 6 heavy (non-hydrogen) atoms. The number of halogens is 1. The lowest BCUT2D eigenvalue weighted by molar-refractivity contribution is -0.507. The van der Waals surface area contributed by atoms with E-state index in [0.29, 0.717) is 5.17 Å². The standard InChI is InChI=1S/C3H8ClN2/c1-3(4)6(2)5/h5H2,1-2H3/q+1/b6-3-. The van der Waals surface area contributed by atoms with Gasteiger partial charge in [0.05, 0.1) is 0 Å². The number of nitrogens with two attached hydrogens (primary N) is 1. The third kappa shape index (κ3) is 2.03. The largest absolute Gasteiger partial charge is 0.269 e. The maximum absolute atomic E-state index is 5.33. The zero-order chi connectivity index (χ0) is 5.15. The second-order valence-electron chi connectivity index (χ2n) is 1.11. The molecule has 0 bridgehead atoms. The van der Waals surface area contributed by atoms with Gasteiger partial charge in [0.1, 0.15) is 0 Å². The van der Waals surface area contributed by atoms with Crippen molar-refractivity contribution in [1.29, 1.82) is 0 Å². The summed E-state index contributed by atoms with van der Waals surface area (Å²) in [5, 5.41) is 0.593. The van der Waals surface area contributed by atoms with Crippen LogP contribution in [0.1, 0.15) is 6.92 Å². The number of rotatable bonds is 0. The van der Waals surface area contributed by atoms with E-state index in [-0.39, 0.29) is 0 Å². The smallest absolute Gasteiger partial charge is 0.210 e. The van der Waals surface area contributed by atoms with E-state index in [0.717, 1.165) is 0 Å². The molecule has 0 heterocycles. The molecule has 0 aliphatic heterocycles. The van der Waals surface area contributed by atoms with Crippen LogP contribution in [0.5, 0.6) is 0 Å². The van der Waals surface area contributed by atoms with Crippen LogP contribution < -0.4 is 5.84 Å². The zero-order valence-corrected chi connectivity index (χ0v) is 4.66. The molecule has 0 rings (SSSR count). The van der Waals surface area contributed by atoms with Crippen molar-refractivity contribution in [1.82, 2.24) is 0 Å². The van der Waals surface area contributed by atoms with Crippen LogP contribution in [-0.4, -0.2) is 16.9 Å². The molecule has 0 aliphatic carbocycles. The first-order chi connectivity index (χ1) is 2.64. The topological polar surface area (TPSA) is 29.0 Å². The summed E-state index contributed by atoms with van der Waals surface area (Å²) < 4.78 is 1.35. The van der Waals surface area contributed by atoms with Crippen LogP contribution in [0.15, 0.2) is 0 Å². The summed E-state index contributed by atoms with van der Waals surface area (Å²) in [5.74, 6) is 5.10. The first-order valence-electron chi connectivity index (χ1n) is 1.62. The molecule has 0 aromatic heterocycles. The summed E-state index contributed by atoms with van der Waals surface area (Å²) in [6.07, 6.45) is 0. The molecular weight excluding hydrogens is 99.5 g/mol. The van der Waals surface area contributed by atoms with E-state index in [1.807, 2.05) is 0 Å². The van der Waals surface area contributed by atoms with Crippen molar-refractivity contribution in [2.45, 2.75) is 6.92 Å². The van der Waals surface area contributed by atoms with Crippen LogP contribution in [0.4, 0.5) is 0 Å². The van der Waals surface area contributed by atoms with Crippen molar-refractivity contribution in [3.05, 3.63) is 0 Å². The summed E-state index contributed by atoms with van der Waals surface area (Å²) in [4.78, 5) is 0. The molecule has 0 saturated carbocycles. The molecule has 0 amide bonds. The number of hydrogen-bond acceptors (Lipinski definition) is 1. The number of nitrogens with zero attached hydrogens (tertiary/aromatic N) is 1. The molecule has 2 nitrogen and oxygen atoms in total. The van der Waals surface area contributed by atoms with Crippen molar-refractivity contribution in [2.75, 3.05) is 7.05 Å². The van der Waals surface area contributed by atoms with Gasteiger partial charge < -0.3 is 0 Å². The van der Waals surface area contributed by atoms with Crippen molar-refractivity contribution in [3.63, 3.8) is 0 Å². The van der Waals surface area contributed by atoms with E-state index in [9.17, 15) is 0 Å². The fraction of sp³-hybridized carbons (Fsp3) is 0.667. The molecule has 0 atom stereocenters. The van der Waals surface area contributed by atoms with Gasteiger partial charge in [-0.15, -0.1) is 4.68 Å². The van der Waals surface area contributed by atoms with Gasteiger partial charge in [0, 0.05) is 6.92 Å². The molecule has 0 fully saturated rings. The summed E-state index contributed by atoms with van der Waals surface area (Å²) in [6.45, 7) is 1.72. The van der Waals surface area contributed by atoms with Crippen molar-refractivity contribution in [2.24, 2.45) is 5.84 Å². The van der Waals surface area contributed by atoms with Crippen LogP contribution in [-0.2, 0) is 0 Å². The van der Waals surface area contributed by atoms with Crippen molar-refractivity contribution >= 4 is 16.8 Å². The molecule has 0 aromatic rings. The lowest BCUT2D eigenvalue weighted by Gasteiger charge is -1.79. The van der Waals surface area contributed by atoms with E-state index in [4.69, 9.17) is 17.4 Å². The van der Waals surface area contributed by atoms with Gasteiger partial charge in [-0.3, -0.25) is 0 Å². The molecule has 0 aromatic carbocycles. The Morgan fingerprint density at radius 3 is 2.00 bits per heavy atom. The average Bonchev–Trinajstić information content (AvgIpc) is 1.36. The molecule has 0 unspecified atom stereocenters. The molecule has 0 spiro atoms. The Balaban J connectivity index is 3.68. The fourth-order valence-electron chi connectivity index (χ4n) is 0. The minimum Gasteiger partial charge on any atom is -0.210 e. The molecule has 0 radical (unpaired) electrons. The van der Waals surface area contributed by atoms with E-state index >= 15 is 0 Å². The van der Waals surface area contributed by atoms with Crippen LogP contribution in [0, 0.1) is 0 Å². The summed E-state index contributed by atoms with van der Waals surface area (Å²) in [6, 6.07) is 0. The second-order valence-corrected chi connectivity index (χ2v) is 1.66. The minimum atomic E-state index is 0.593. The van der Waals surface area contributed by atoms with Gasteiger partial charge in [-0.05, 0) is 11.6 Å². The SMILES string of the molecule is C/C(Cl)=[N+](\C)N. The Bertz CT molecular complexity index is 58.9. The highest BCUT2D eigenvalue weighted by Gasteiger charge is 1.88. The van der Waals surface area contributed by atoms with E-state index in [1.165, 1.54) is 4.68 Å². The Hall–Kier alpha value is -0.240. The van der Waals surface area contributed by atoms with Gasteiger partial charge in [-0.25, -0.2) is 5.84 Å². The molecule has 3 heteroatoms. The quantitative estimate of drug-likeness (QED) is 0.203. The number of hydrazine groups is 1. The van der Waals surface area contributed by atoms with E-state index < -0.39 is 0 Å². The van der Waals surface area contributed by atoms with Crippen LogP contribution in [0.2, 0.25) is 0 Å². The highest BCUT2D eigenvalue weighted by molar-refractivity contribution is 6.63. The first kappa shape index (κ1) is 5.76. The Kier molecular flexibility index (Phi) is 1.95. The van der Waals surface area contributed by atoms with E-state index in [2.05, 4.69) is 0 Å². The molecule has 0 saturated heterocycles. The monoisotopic (exact) mass is 107 g/mol. The minimum absolute atomic E-state index is 0.593. The molecular formula is C3H8ClN2+. The van der Waals surface area contributed by atoms with Gasteiger partial charge in [0.25, 0.3) is 5.17 Å². The predicted molar refractivity (Wildman–Crippen MR) is 26.9 cm³/mol. The normalized spacial score (nSPS) is 13.8. The van der Waals surface area contributed by atoms with Gasteiger partial charge in [-0.1, -0.05) is 0 Å². The fourth-order valence-corrected chi connectivity index (χ4v) is 0. The van der Waals surface area contributed by atoms with Crippen molar-refractivity contribution in [3.8, 4) is 0 Å².